The number of halogens is 1. The molecule has 1 aliphatic rings. The Morgan fingerprint density at radius 1 is 1.04 bits per heavy atom. The van der Waals surface area contributed by atoms with E-state index in [9.17, 15) is 25.5 Å². The molecule has 3 rings (SSSR count). The van der Waals surface area contributed by atoms with Gasteiger partial charge in [0.1, 0.15) is 23.3 Å². The Labute approximate surface area is 140 Å². The van der Waals surface area contributed by atoms with E-state index in [0.717, 1.165) is 5.39 Å². The molecule has 0 radical (unpaired) electrons. The van der Waals surface area contributed by atoms with Crippen molar-refractivity contribution in [3.05, 3.63) is 48.0 Å². The van der Waals surface area contributed by atoms with Gasteiger partial charge in [-0.1, -0.05) is 58.4 Å². The molecule has 1 unspecified atom stereocenters. The fourth-order valence-electron chi connectivity index (χ4n) is 3.01. The van der Waals surface area contributed by atoms with Crippen LogP contribution in [0.1, 0.15) is 5.56 Å². The molecule has 6 nitrogen and oxygen atoms in total. The molecule has 1 fully saturated rings. The quantitative estimate of drug-likeness (QED) is 0.472. The van der Waals surface area contributed by atoms with Gasteiger partial charge in [-0.2, -0.15) is 0 Å². The average Bonchev–Trinajstić information content (AvgIpc) is 2.55. The second-order valence-electron chi connectivity index (χ2n) is 5.61. The summed E-state index contributed by atoms with van der Waals surface area (Å²) in [5, 5.41) is 51.5. The Morgan fingerprint density at radius 2 is 1.70 bits per heavy atom. The van der Waals surface area contributed by atoms with Crippen LogP contribution in [0.5, 0.6) is 0 Å². The molecule has 7 heteroatoms. The molecule has 1 aliphatic heterocycles. The van der Waals surface area contributed by atoms with Gasteiger partial charge in [0.15, 0.2) is 11.9 Å². The smallest absolute Gasteiger partial charge is 0.191 e. The molecule has 2 aromatic rings. The topological polar surface area (TPSA) is 110 Å². The van der Waals surface area contributed by atoms with Crippen molar-refractivity contribution in [1.82, 2.24) is 0 Å². The Balaban J connectivity index is 2.13. The molecular weight excluding hydrogens is 368 g/mol. The maximum Gasteiger partial charge on any atom is 0.191 e. The molecule has 0 aliphatic carbocycles. The van der Waals surface area contributed by atoms with Crippen LogP contribution in [0.15, 0.2) is 42.5 Å². The van der Waals surface area contributed by atoms with E-state index in [2.05, 4.69) is 15.9 Å². The van der Waals surface area contributed by atoms with Gasteiger partial charge < -0.3 is 30.3 Å². The first-order chi connectivity index (χ1) is 10.9. The van der Waals surface area contributed by atoms with Crippen LogP contribution in [0.25, 0.3) is 10.8 Å². The largest absolute Gasteiger partial charge is 0.387 e. The van der Waals surface area contributed by atoms with E-state index >= 15 is 0 Å². The monoisotopic (exact) mass is 384 g/mol. The normalized spacial score (nSPS) is 36.1. The van der Waals surface area contributed by atoms with Gasteiger partial charge in [0, 0.05) is 0 Å². The molecule has 0 amide bonds. The van der Waals surface area contributed by atoms with Crippen LogP contribution >= 0.6 is 15.9 Å². The van der Waals surface area contributed by atoms with Gasteiger partial charge in [-0.25, -0.2) is 0 Å². The summed E-state index contributed by atoms with van der Waals surface area (Å²) in [7, 11) is 0. The van der Waals surface area contributed by atoms with E-state index in [1.807, 2.05) is 18.2 Å². The second-order valence-corrected chi connectivity index (χ2v) is 6.55. The Hall–Kier alpha value is -1.06. The van der Waals surface area contributed by atoms with Crippen molar-refractivity contribution in [3.8, 4) is 0 Å². The second kappa shape index (κ2) is 6.10. The van der Waals surface area contributed by atoms with Gasteiger partial charge in [0.2, 0.25) is 0 Å². The summed E-state index contributed by atoms with van der Waals surface area (Å²) in [6, 6.07) is 12.2. The van der Waals surface area contributed by atoms with E-state index in [-0.39, 0.29) is 5.56 Å². The van der Waals surface area contributed by atoms with Crippen molar-refractivity contribution in [2.24, 2.45) is 0 Å². The number of benzene rings is 2. The zero-order valence-corrected chi connectivity index (χ0v) is 13.5. The molecule has 2 aromatic carbocycles. The standard InChI is InChI=1S/C16H17BrO6/c17-14(20)12-11(18)13(19)16(22,15(21)23-12)10-7-3-5-8-4-1-2-6-9(8)10/h1-7,11-15,18-22H/t11-,12-,13-,14?,15+,16+/m0/s1. The lowest BCUT2D eigenvalue weighted by Gasteiger charge is -2.47. The summed E-state index contributed by atoms with van der Waals surface area (Å²) >= 11 is 2.83. The molecule has 0 spiro atoms. The van der Waals surface area contributed by atoms with E-state index in [1.165, 1.54) is 0 Å². The van der Waals surface area contributed by atoms with Crippen LogP contribution in [0, 0.1) is 0 Å². The van der Waals surface area contributed by atoms with Crippen molar-refractivity contribution in [1.29, 1.82) is 0 Å². The third kappa shape index (κ3) is 2.58. The van der Waals surface area contributed by atoms with Gasteiger partial charge in [0.05, 0.1) is 0 Å². The summed E-state index contributed by atoms with van der Waals surface area (Å²) in [5.74, 6) is 0. The van der Waals surface area contributed by atoms with Crippen LogP contribution in [0.2, 0.25) is 0 Å². The summed E-state index contributed by atoms with van der Waals surface area (Å²) in [6.07, 6.45) is -6.47. The SMILES string of the molecule is OC(Br)[C@H]1O[C@@H](O)[C@@](O)(c2cccc3ccccc23)[C@@H](O)[C@H]1O. The Kier molecular flexibility index (Phi) is 4.45. The van der Waals surface area contributed by atoms with Crippen LogP contribution in [0.4, 0.5) is 0 Å². The zero-order chi connectivity index (χ0) is 16.8. The minimum atomic E-state index is -2.24. The number of hydrogen-bond donors (Lipinski definition) is 5. The summed E-state index contributed by atoms with van der Waals surface area (Å²) < 4.78 is 5.15. The van der Waals surface area contributed by atoms with Crippen LogP contribution in [-0.4, -0.2) is 55.1 Å². The number of alkyl halides is 1. The third-order valence-electron chi connectivity index (χ3n) is 4.27. The van der Waals surface area contributed by atoms with Gasteiger partial charge in [0.25, 0.3) is 0 Å². The van der Waals surface area contributed by atoms with E-state index in [4.69, 9.17) is 4.74 Å². The minimum Gasteiger partial charge on any atom is -0.387 e. The zero-order valence-electron chi connectivity index (χ0n) is 12.0. The van der Waals surface area contributed by atoms with Gasteiger partial charge in [-0.15, -0.1) is 0 Å². The van der Waals surface area contributed by atoms with Crippen molar-refractivity contribution < 1.29 is 30.3 Å². The van der Waals surface area contributed by atoms with Gasteiger partial charge in [-0.3, -0.25) is 0 Å². The van der Waals surface area contributed by atoms with Crippen LogP contribution in [0.3, 0.4) is 0 Å². The Bertz CT molecular complexity index is 703. The number of aliphatic hydroxyl groups excluding tert-OH is 4. The number of rotatable bonds is 2. The summed E-state index contributed by atoms with van der Waals surface area (Å²) in [5.41, 5.74) is -2.00. The number of aliphatic hydroxyl groups is 5. The number of hydrogen-bond acceptors (Lipinski definition) is 6. The van der Waals surface area contributed by atoms with Crippen molar-refractivity contribution >= 4 is 26.7 Å². The van der Waals surface area contributed by atoms with E-state index in [1.54, 1.807) is 24.3 Å². The van der Waals surface area contributed by atoms with Gasteiger partial charge in [-0.05, 0) is 16.3 Å². The maximum atomic E-state index is 11.0. The molecule has 23 heavy (non-hydrogen) atoms. The van der Waals surface area contributed by atoms with Gasteiger partial charge >= 0.3 is 0 Å². The highest BCUT2D eigenvalue weighted by molar-refractivity contribution is 9.09. The number of ether oxygens (including phenoxy) is 1. The minimum absolute atomic E-state index is 0.233. The van der Waals surface area contributed by atoms with E-state index in [0.29, 0.717) is 5.39 Å². The lowest BCUT2D eigenvalue weighted by Crippen LogP contribution is -2.65. The molecule has 1 saturated heterocycles. The first kappa shape index (κ1) is 16.8. The average molecular weight is 385 g/mol. The molecule has 6 atom stereocenters. The predicted octanol–water partition coefficient (Wildman–Crippen LogP) is 0.180. The highest BCUT2D eigenvalue weighted by atomic mass is 79.9. The summed E-state index contributed by atoms with van der Waals surface area (Å²) in [4.78, 5) is 0. The summed E-state index contributed by atoms with van der Waals surface area (Å²) in [6.45, 7) is 0. The maximum absolute atomic E-state index is 11.0. The molecule has 124 valence electrons. The van der Waals surface area contributed by atoms with Crippen molar-refractivity contribution in [2.45, 2.75) is 35.2 Å². The molecule has 1 heterocycles. The van der Waals surface area contributed by atoms with Crippen molar-refractivity contribution in [3.63, 3.8) is 0 Å². The van der Waals surface area contributed by atoms with E-state index < -0.39 is 35.2 Å². The highest BCUT2D eigenvalue weighted by Gasteiger charge is 2.57. The third-order valence-corrected chi connectivity index (χ3v) is 4.79. The lowest BCUT2D eigenvalue weighted by molar-refractivity contribution is -0.336. The van der Waals surface area contributed by atoms with Crippen LogP contribution < -0.4 is 0 Å². The first-order valence-electron chi connectivity index (χ1n) is 7.09. The fraction of sp³-hybridized carbons (Fsp3) is 0.375. The Morgan fingerprint density at radius 3 is 2.39 bits per heavy atom. The van der Waals surface area contributed by atoms with Crippen LogP contribution in [-0.2, 0) is 10.3 Å². The fourth-order valence-corrected chi connectivity index (χ4v) is 3.45. The molecule has 0 bridgehead atoms. The molecule has 5 N–H and O–H groups in total. The molecular formula is C16H17BrO6. The van der Waals surface area contributed by atoms with Crippen molar-refractivity contribution in [2.75, 3.05) is 0 Å². The predicted molar refractivity (Wildman–Crippen MR) is 85.7 cm³/mol. The molecule has 0 saturated carbocycles. The molecule has 0 aromatic heterocycles. The highest BCUT2D eigenvalue weighted by Crippen LogP contribution is 2.41. The number of fused-ring (bicyclic) bond motifs is 1. The lowest BCUT2D eigenvalue weighted by atomic mass is 9.79. The first-order valence-corrected chi connectivity index (χ1v) is 8.01.